The van der Waals surface area contributed by atoms with Crippen LogP contribution in [-0.2, 0) is 11.8 Å². The first-order valence-corrected chi connectivity index (χ1v) is 5.54. The highest BCUT2D eigenvalue weighted by Crippen LogP contribution is 2.22. The summed E-state index contributed by atoms with van der Waals surface area (Å²) in [4.78, 5) is 10.9. The number of aliphatic carboxylic acids is 1. The van der Waals surface area contributed by atoms with E-state index < -0.39 is 18.5 Å². The second-order valence-corrected chi connectivity index (χ2v) is 4.10. The fourth-order valence-electron chi connectivity index (χ4n) is 1.80. The van der Waals surface area contributed by atoms with Gasteiger partial charge in [0.25, 0.3) is 0 Å². The number of nitrogens with zero attached hydrogens (tertiary/aromatic N) is 2. The zero-order valence-electron chi connectivity index (χ0n) is 9.95. The normalized spacial score (nSPS) is 12.3. The van der Waals surface area contributed by atoms with Gasteiger partial charge in [-0.25, -0.2) is 0 Å². The lowest BCUT2D eigenvalue weighted by atomic mass is 9.98. The van der Waals surface area contributed by atoms with Gasteiger partial charge in [-0.3, -0.25) is 9.48 Å². The molecule has 0 aliphatic heterocycles. The summed E-state index contributed by atoms with van der Waals surface area (Å²) >= 11 is 0. The van der Waals surface area contributed by atoms with Crippen molar-refractivity contribution >= 4 is 5.97 Å². The van der Waals surface area contributed by atoms with E-state index in [-0.39, 0.29) is 0 Å². The summed E-state index contributed by atoms with van der Waals surface area (Å²) in [7, 11) is 1.84. The van der Waals surface area contributed by atoms with Crippen LogP contribution in [0.25, 0.3) is 11.1 Å². The van der Waals surface area contributed by atoms with Crippen molar-refractivity contribution in [2.75, 3.05) is 6.61 Å². The first-order valence-electron chi connectivity index (χ1n) is 5.54. The molecule has 5 nitrogen and oxygen atoms in total. The van der Waals surface area contributed by atoms with Crippen LogP contribution in [0.2, 0.25) is 0 Å². The van der Waals surface area contributed by atoms with Gasteiger partial charge in [-0.2, -0.15) is 5.10 Å². The highest BCUT2D eigenvalue weighted by atomic mass is 16.4. The molecule has 5 heteroatoms. The van der Waals surface area contributed by atoms with Crippen LogP contribution in [0, 0.1) is 0 Å². The lowest BCUT2D eigenvalue weighted by Crippen LogP contribution is -2.15. The van der Waals surface area contributed by atoms with E-state index in [2.05, 4.69) is 5.10 Å². The Morgan fingerprint density at radius 3 is 2.44 bits per heavy atom. The van der Waals surface area contributed by atoms with E-state index in [1.807, 2.05) is 25.4 Å². The number of rotatable bonds is 4. The minimum Gasteiger partial charge on any atom is -0.481 e. The molecule has 1 heterocycles. The van der Waals surface area contributed by atoms with Gasteiger partial charge in [0.05, 0.1) is 12.8 Å². The Bertz CT molecular complexity index is 546. The van der Waals surface area contributed by atoms with Crippen LogP contribution < -0.4 is 0 Å². The van der Waals surface area contributed by atoms with E-state index in [1.165, 1.54) is 0 Å². The molecule has 0 fully saturated rings. The molecule has 1 atom stereocenters. The Balaban J connectivity index is 2.27. The summed E-state index contributed by atoms with van der Waals surface area (Å²) in [6.45, 7) is -0.401. The second-order valence-electron chi connectivity index (χ2n) is 4.10. The van der Waals surface area contributed by atoms with Gasteiger partial charge in [-0.1, -0.05) is 24.3 Å². The van der Waals surface area contributed by atoms with Crippen LogP contribution in [0.15, 0.2) is 36.7 Å². The smallest absolute Gasteiger partial charge is 0.313 e. The standard InChI is InChI=1S/C13H14N2O3/c1-15-7-11(6-14-15)9-2-4-10(5-3-9)12(8-16)13(17)18/h2-7,12,16H,8H2,1H3,(H,17,18). The zero-order chi connectivity index (χ0) is 13.1. The molecule has 1 aromatic carbocycles. The van der Waals surface area contributed by atoms with Gasteiger partial charge in [0.2, 0.25) is 0 Å². The van der Waals surface area contributed by atoms with Crippen molar-refractivity contribution in [2.45, 2.75) is 5.92 Å². The number of aliphatic hydroxyl groups excluding tert-OH is 1. The highest BCUT2D eigenvalue weighted by Gasteiger charge is 2.18. The fraction of sp³-hybridized carbons (Fsp3) is 0.231. The quantitative estimate of drug-likeness (QED) is 0.851. The topological polar surface area (TPSA) is 75.4 Å². The zero-order valence-corrected chi connectivity index (χ0v) is 9.95. The van der Waals surface area contributed by atoms with E-state index in [1.54, 1.807) is 23.0 Å². The van der Waals surface area contributed by atoms with E-state index >= 15 is 0 Å². The largest absolute Gasteiger partial charge is 0.481 e. The van der Waals surface area contributed by atoms with Crippen LogP contribution in [0.5, 0.6) is 0 Å². The summed E-state index contributed by atoms with van der Waals surface area (Å²) < 4.78 is 1.71. The third-order valence-electron chi connectivity index (χ3n) is 2.83. The summed E-state index contributed by atoms with van der Waals surface area (Å²) in [5.41, 5.74) is 2.53. The van der Waals surface area contributed by atoms with Crippen LogP contribution in [0.4, 0.5) is 0 Å². The average Bonchev–Trinajstić information content (AvgIpc) is 2.77. The third-order valence-corrected chi connectivity index (χ3v) is 2.83. The lowest BCUT2D eigenvalue weighted by Gasteiger charge is -2.09. The molecule has 2 aromatic rings. The van der Waals surface area contributed by atoms with Gasteiger partial charge < -0.3 is 10.2 Å². The Morgan fingerprint density at radius 2 is 2.00 bits per heavy atom. The number of carboxylic acids is 1. The number of benzene rings is 1. The van der Waals surface area contributed by atoms with Crippen LogP contribution in [0.1, 0.15) is 11.5 Å². The van der Waals surface area contributed by atoms with Crippen LogP contribution in [0.3, 0.4) is 0 Å². The summed E-state index contributed by atoms with van der Waals surface area (Å²) in [5.74, 6) is -1.89. The molecule has 0 saturated heterocycles. The maximum atomic E-state index is 10.9. The van der Waals surface area contributed by atoms with E-state index in [4.69, 9.17) is 10.2 Å². The maximum absolute atomic E-state index is 10.9. The first kappa shape index (κ1) is 12.3. The van der Waals surface area contributed by atoms with Gasteiger partial charge in [-0.15, -0.1) is 0 Å². The predicted molar refractivity (Wildman–Crippen MR) is 66.1 cm³/mol. The number of aromatic nitrogens is 2. The molecule has 2 N–H and O–H groups in total. The molecule has 0 aliphatic rings. The Hall–Kier alpha value is -2.14. The number of hydrogen-bond donors (Lipinski definition) is 2. The van der Waals surface area contributed by atoms with Crippen molar-refractivity contribution in [1.82, 2.24) is 9.78 Å². The molecule has 0 aliphatic carbocycles. The maximum Gasteiger partial charge on any atom is 0.313 e. The molecule has 18 heavy (non-hydrogen) atoms. The molecule has 1 unspecified atom stereocenters. The minimum atomic E-state index is -1.02. The Labute approximate surface area is 104 Å². The van der Waals surface area contributed by atoms with Crippen LogP contribution in [-0.4, -0.2) is 32.6 Å². The molecule has 1 aromatic heterocycles. The summed E-state index contributed by atoms with van der Waals surface area (Å²) in [5, 5.41) is 22.1. The number of carboxylic acid groups (broad SMARTS) is 1. The number of hydrogen-bond acceptors (Lipinski definition) is 3. The molecular weight excluding hydrogens is 232 g/mol. The van der Waals surface area contributed by atoms with Crippen molar-refractivity contribution in [2.24, 2.45) is 7.05 Å². The summed E-state index contributed by atoms with van der Waals surface area (Å²) in [6.07, 6.45) is 3.63. The number of aryl methyl sites for hydroxylation is 1. The Kier molecular flexibility index (Phi) is 3.43. The van der Waals surface area contributed by atoms with Crippen molar-refractivity contribution < 1.29 is 15.0 Å². The van der Waals surface area contributed by atoms with E-state index in [0.717, 1.165) is 11.1 Å². The number of aliphatic hydroxyl groups is 1. The van der Waals surface area contributed by atoms with Gasteiger partial charge >= 0.3 is 5.97 Å². The minimum absolute atomic E-state index is 0.401. The molecular formula is C13H14N2O3. The first-order chi connectivity index (χ1) is 8.61. The van der Waals surface area contributed by atoms with Gasteiger partial charge in [0, 0.05) is 18.8 Å². The van der Waals surface area contributed by atoms with Gasteiger partial charge in [0.1, 0.15) is 5.92 Å². The van der Waals surface area contributed by atoms with Crippen molar-refractivity contribution in [3.63, 3.8) is 0 Å². The molecule has 0 radical (unpaired) electrons. The molecule has 0 amide bonds. The monoisotopic (exact) mass is 246 g/mol. The Morgan fingerprint density at radius 1 is 1.33 bits per heavy atom. The fourth-order valence-corrected chi connectivity index (χ4v) is 1.80. The molecule has 2 rings (SSSR count). The average molecular weight is 246 g/mol. The van der Waals surface area contributed by atoms with Crippen LogP contribution >= 0.6 is 0 Å². The van der Waals surface area contributed by atoms with Gasteiger partial charge in [0.15, 0.2) is 0 Å². The third kappa shape index (κ3) is 2.41. The van der Waals surface area contributed by atoms with Gasteiger partial charge in [-0.05, 0) is 11.1 Å². The number of carbonyl (C=O) groups is 1. The highest BCUT2D eigenvalue weighted by molar-refractivity contribution is 5.76. The molecule has 0 saturated carbocycles. The summed E-state index contributed by atoms with van der Waals surface area (Å²) in [6, 6.07) is 7.10. The molecule has 94 valence electrons. The lowest BCUT2D eigenvalue weighted by molar-refractivity contribution is -0.139. The van der Waals surface area contributed by atoms with Crippen molar-refractivity contribution in [3.8, 4) is 11.1 Å². The van der Waals surface area contributed by atoms with E-state index in [0.29, 0.717) is 5.56 Å². The van der Waals surface area contributed by atoms with Crippen molar-refractivity contribution in [3.05, 3.63) is 42.2 Å². The SMILES string of the molecule is Cn1cc(-c2ccc(C(CO)C(=O)O)cc2)cn1. The molecule has 0 spiro atoms. The predicted octanol–water partition coefficient (Wildman–Crippen LogP) is 1.25. The second kappa shape index (κ2) is 5.01. The van der Waals surface area contributed by atoms with Crippen molar-refractivity contribution in [1.29, 1.82) is 0 Å². The molecule has 0 bridgehead atoms. The van der Waals surface area contributed by atoms with E-state index in [9.17, 15) is 4.79 Å².